The second-order valence-electron chi connectivity index (χ2n) is 7.73. The Balaban J connectivity index is 1.61. The van der Waals surface area contributed by atoms with Crippen molar-refractivity contribution < 1.29 is 14.0 Å². The molecular weight excluding hydrogens is 395 g/mol. The van der Waals surface area contributed by atoms with E-state index in [4.69, 9.17) is 0 Å². The number of halogens is 1. The molecule has 1 N–H and O–H groups in total. The van der Waals surface area contributed by atoms with Crippen LogP contribution in [0.15, 0.2) is 66.9 Å². The summed E-state index contributed by atoms with van der Waals surface area (Å²) in [6.07, 6.45) is 1.51. The molecule has 0 saturated carbocycles. The third-order valence-electron chi connectivity index (χ3n) is 5.62. The smallest absolute Gasteiger partial charge is 0.278 e. The van der Waals surface area contributed by atoms with E-state index >= 15 is 0 Å². The Morgan fingerprint density at radius 1 is 0.968 bits per heavy atom. The molecule has 7 heteroatoms. The van der Waals surface area contributed by atoms with Gasteiger partial charge in [0.1, 0.15) is 11.5 Å². The minimum Gasteiger partial charge on any atom is -0.369 e. The molecule has 4 rings (SSSR count). The first-order valence-corrected chi connectivity index (χ1v) is 10.3. The Kier molecular flexibility index (Phi) is 5.86. The SMILES string of the molecule is C=CCN1C(=O)C(Nc2ccc(N3CCN(C)CC3)cc2)=C(c2ccc(F)cc2)C1=O. The fraction of sp³-hybridized carbons (Fsp3) is 0.250. The summed E-state index contributed by atoms with van der Waals surface area (Å²) in [5.74, 6) is -1.25. The van der Waals surface area contributed by atoms with E-state index < -0.39 is 17.6 Å². The number of carbonyl (C=O) groups excluding carboxylic acids is 2. The largest absolute Gasteiger partial charge is 0.369 e. The highest BCUT2D eigenvalue weighted by Gasteiger charge is 2.38. The van der Waals surface area contributed by atoms with Crippen LogP contribution in [0.2, 0.25) is 0 Å². The molecule has 0 aromatic heterocycles. The van der Waals surface area contributed by atoms with E-state index in [2.05, 4.69) is 28.7 Å². The van der Waals surface area contributed by atoms with Crippen LogP contribution in [0, 0.1) is 5.82 Å². The van der Waals surface area contributed by atoms with E-state index in [9.17, 15) is 14.0 Å². The third kappa shape index (κ3) is 4.22. The first-order valence-electron chi connectivity index (χ1n) is 10.3. The summed E-state index contributed by atoms with van der Waals surface area (Å²) in [7, 11) is 2.12. The quantitative estimate of drug-likeness (QED) is 0.575. The summed E-state index contributed by atoms with van der Waals surface area (Å²) in [6.45, 7) is 7.70. The highest BCUT2D eigenvalue weighted by molar-refractivity contribution is 6.36. The molecule has 0 spiro atoms. The van der Waals surface area contributed by atoms with Crippen molar-refractivity contribution in [3.8, 4) is 0 Å². The zero-order chi connectivity index (χ0) is 22.0. The summed E-state index contributed by atoms with van der Waals surface area (Å²) >= 11 is 0. The van der Waals surface area contributed by atoms with Crippen LogP contribution in [0.4, 0.5) is 15.8 Å². The van der Waals surface area contributed by atoms with Crippen molar-refractivity contribution in [3.05, 3.63) is 78.3 Å². The maximum absolute atomic E-state index is 13.4. The van der Waals surface area contributed by atoms with Crippen LogP contribution in [-0.4, -0.2) is 61.4 Å². The lowest BCUT2D eigenvalue weighted by Crippen LogP contribution is -2.44. The summed E-state index contributed by atoms with van der Waals surface area (Å²) in [6, 6.07) is 13.4. The molecule has 2 aromatic rings. The van der Waals surface area contributed by atoms with Crippen LogP contribution in [0.3, 0.4) is 0 Å². The molecule has 2 heterocycles. The van der Waals surface area contributed by atoms with Gasteiger partial charge in [0.25, 0.3) is 11.8 Å². The average molecular weight is 420 g/mol. The van der Waals surface area contributed by atoms with Crippen LogP contribution in [0.5, 0.6) is 0 Å². The third-order valence-corrected chi connectivity index (χ3v) is 5.62. The number of imide groups is 1. The molecule has 31 heavy (non-hydrogen) atoms. The molecule has 1 fully saturated rings. The van der Waals surface area contributed by atoms with Gasteiger partial charge in [0.05, 0.1) is 5.57 Å². The van der Waals surface area contributed by atoms with Crippen molar-refractivity contribution in [2.75, 3.05) is 50.0 Å². The maximum Gasteiger partial charge on any atom is 0.278 e. The van der Waals surface area contributed by atoms with Crippen molar-refractivity contribution in [3.63, 3.8) is 0 Å². The molecule has 2 amide bonds. The number of hydrogen-bond acceptors (Lipinski definition) is 5. The normalized spacial score (nSPS) is 17.5. The summed E-state index contributed by atoms with van der Waals surface area (Å²) < 4.78 is 13.4. The van der Waals surface area contributed by atoms with Crippen molar-refractivity contribution in [2.45, 2.75) is 0 Å². The average Bonchev–Trinajstić information content (AvgIpc) is 3.00. The second-order valence-corrected chi connectivity index (χ2v) is 7.73. The number of rotatable bonds is 6. The fourth-order valence-electron chi connectivity index (χ4n) is 3.84. The van der Waals surface area contributed by atoms with E-state index in [1.54, 1.807) is 0 Å². The van der Waals surface area contributed by atoms with Gasteiger partial charge in [0.2, 0.25) is 0 Å². The molecule has 160 valence electrons. The lowest BCUT2D eigenvalue weighted by atomic mass is 10.0. The first-order chi connectivity index (χ1) is 15.0. The fourth-order valence-corrected chi connectivity index (χ4v) is 3.84. The number of benzene rings is 2. The van der Waals surface area contributed by atoms with Crippen molar-refractivity contribution in [1.82, 2.24) is 9.80 Å². The summed E-state index contributed by atoms with van der Waals surface area (Å²) in [5.41, 5.74) is 2.73. The molecule has 0 aliphatic carbocycles. The van der Waals surface area contributed by atoms with E-state index in [0.717, 1.165) is 36.8 Å². The molecule has 0 atom stereocenters. The van der Waals surface area contributed by atoms with Gasteiger partial charge in [-0.05, 0) is 49.0 Å². The van der Waals surface area contributed by atoms with Crippen LogP contribution in [0.1, 0.15) is 5.56 Å². The number of anilines is 2. The first kappa shape index (κ1) is 20.8. The van der Waals surface area contributed by atoms with Gasteiger partial charge >= 0.3 is 0 Å². The molecule has 2 aliphatic rings. The van der Waals surface area contributed by atoms with E-state index in [0.29, 0.717) is 11.3 Å². The lowest BCUT2D eigenvalue weighted by molar-refractivity contribution is -0.136. The van der Waals surface area contributed by atoms with Gasteiger partial charge in [-0.15, -0.1) is 6.58 Å². The molecule has 2 aromatic carbocycles. The number of nitrogens with zero attached hydrogens (tertiary/aromatic N) is 3. The predicted octanol–water partition coefficient (Wildman–Crippen LogP) is 2.96. The van der Waals surface area contributed by atoms with Crippen molar-refractivity contribution in [1.29, 1.82) is 0 Å². The van der Waals surface area contributed by atoms with E-state index in [1.807, 2.05) is 24.3 Å². The summed E-state index contributed by atoms with van der Waals surface area (Å²) in [4.78, 5) is 31.6. The molecule has 0 unspecified atom stereocenters. The zero-order valence-corrected chi connectivity index (χ0v) is 17.5. The molecule has 0 bridgehead atoms. The topological polar surface area (TPSA) is 55.9 Å². The van der Waals surface area contributed by atoms with Gasteiger partial charge in [0.15, 0.2) is 0 Å². The van der Waals surface area contributed by atoms with Gasteiger partial charge in [0, 0.05) is 44.1 Å². The van der Waals surface area contributed by atoms with Crippen LogP contribution in [0.25, 0.3) is 5.57 Å². The van der Waals surface area contributed by atoms with E-state index in [1.165, 1.54) is 30.3 Å². The number of carbonyl (C=O) groups is 2. The lowest BCUT2D eigenvalue weighted by Gasteiger charge is -2.34. The van der Waals surface area contributed by atoms with Gasteiger partial charge in [-0.25, -0.2) is 4.39 Å². The van der Waals surface area contributed by atoms with Gasteiger partial charge in [-0.2, -0.15) is 0 Å². The summed E-state index contributed by atoms with van der Waals surface area (Å²) in [5, 5.41) is 3.12. The Labute approximate surface area is 181 Å². The molecule has 2 aliphatic heterocycles. The Morgan fingerprint density at radius 2 is 1.61 bits per heavy atom. The number of piperazine rings is 1. The second kappa shape index (κ2) is 8.73. The van der Waals surface area contributed by atoms with Crippen LogP contribution in [-0.2, 0) is 9.59 Å². The standard InChI is InChI=1S/C24H25FN4O2/c1-3-12-29-23(30)21(17-4-6-18(25)7-5-17)22(24(29)31)26-19-8-10-20(11-9-19)28-15-13-27(2)14-16-28/h3-11,26H,1,12-16H2,2H3. The number of likely N-dealkylation sites (N-methyl/N-ethyl adjacent to an activating group) is 1. The number of nitrogens with one attached hydrogen (secondary N) is 1. The maximum atomic E-state index is 13.4. The van der Waals surface area contributed by atoms with E-state index in [-0.39, 0.29) is 17.8 Å². The monoisotopic (exact) mass is 420 g/mol. The molecule has 0 radical (unpaired) electrons. The molecule has 1 saturated heterocycles. The van der Waals surface area contributed by atoms with Gasteiger partial charge in [-0.1, -0.05) is 18.2 Å². The Bertz CT molecular complexity index is 1020. The van der Waals surface area contributed by atoms with Crippen molar-refractivity contribution in [2.24, 2.45) is 0 Å². The number of amides is 2. The molecule has 6 nitrogen and oxygen atoms in total. The highest BCUT2D eigenvalue weighted by Crippen LogP contribution is 2.31. The minimum absolute atomic E-state index is 0.107. The predicted molar refractivity (Wildman–Crippen MR) is 120 cm³/mol. The van der Waals surface area contributed by atoms with Crippen LogP contribution >= 0.6 is 0 Å². The van der Waals surface area contributed by atoms with Gasteiger partial charge in [-0.3, -0.25) is 14.5 Å². The van der Waals surface area contributed by atoms with Crippen molar-refractivity contribution >= 4 is 28.8 Å². The minimum atomic E-state index is -0.424. The highest BCUT2D eigenvalue weighted by atomic mass is 19.1. The zero-order valence-electron chi connectivity index (χ0n) is 17.5. The Hall–Kier alpha value is -3.45. The van der Waals surface area contributed by atoms with Gasteiger partial charge < -0.3 is 15.1 Å². The number of hydrogen-bond donors (Lipinski definition) is 1. The molecular formula is C24H25FN4O2. The van der Waals surface area contributed by atoms with Crippen LogP contribution < -0.4 is 10.2 Å². The Morgan fingerprint density at radius 3 is 2.23 bits per heavy atom.